The highest BCUT2D eigenvalue weighted by atomic mass is 16.5. The van der Waals surface area contributed by atoms with Crippen molar-refractivity contribution in [3.05, 3.63) is 59.2 Å². The summed E-state index contributed by atoms with van der Waals surface area (Å²) in [4.78, 5) is 11.1. The Kier molecular flexibility index (Phi) is 4.41. The van der Waals surface area contributed by atoms with Crippen LogP contribution in [0.4, 0.5) is 0 Å². The fraction of sp³-hybridized carbons (Fsp3) is 0.235. The summed E-state index contributed by atoms with van der Waals surface area (Å²) < 4.78 is 11.0. The van der Waals surface area contributed by atoms with Gasteiger partial charge in [-0.1, -0.05) is 35.9 Å². The Morgan fingerprint density at radius 3 is 2.50 bits per heavy atom. The van der Waals surface area contributed by atoms with Crippen LogP contribution in [0.5, 0.6) is 11.5 Å². The van der Waals surface area contributed by atoms with Gasteiger partial charge in [0.05, 0.1) is 0 Å². The van der Waals surface area contributed by atoms with Gasteiger partial charge in [-0.15, -0.1) is 0 Å². The Balaban J connectivity index is 2.12. The van der Waals surface area contributed by atoms with Crippen LogP contribution in [0.15, 0.2) is 42.5 Å². The Hall–Kier alpha value is -2.29. The number of ether oxygens (including phenoxy) is 2. The molecule has 0 bridgehead atoms. The molecule has 3 nitrogen and oxygen atoms in total. The van der Waals surface area contributed by atoms with E-state index in [0.717, 1.165) is 16.9 Å². The maximum atomic E-state index is 11.1. The van der Waals surface area contributed by atoms with Crippen molar-refractivity contribution in [2.45, 2.75) is 27.4 Å². The quantitative estimate of drug-likeness (QED) is 0.626. The SMILES string of the molecule is CC(=O)Oc1ccccc1COc1ccc(C)cc1C. The van der Waals surface area contributed by atoms with E-state index in [1.807, 2.05) is 44.2 Å². The molecule has 0 N–H and O–H groups in total. The first kappa shape index (κ1) is 14.1. The van der Waals surface area contributed by atoms with Gasteiger partial charge in [-0.3, -0.25) is 4.79 Å². The summed E-state index contributed by atoms with van der Waals surface area (Å²) in [7, 11) is 0. The van der Waals surface area contributed by atoms with Crippen LogP contribution in [0.3, 0.4) is 0 Å². The minimum absolute atomic E-state index is 0.330. The summed E-state index contributed by atoms with van der Waals surface area (Å²) in [5.74, 6) is 1.06. The van der Waals surface area contributed by atoms with Gasteiger partial charge < -0.3 is 9.47 Å². The second-order valence-corrected chi connectivity index (χ2v) is 4.76. The normalized spacial score (nSPS) is 10.2. The van der Waals surface area contributed by atoms with Crippen LogP contribution >= 0.6 is 0 Å². The van der Waals surface area contributed by atoms with Crippen LogP contribution < -0.4 is 9.47 Å². The third-order valence-electron chi connectivity index (χ3n) is 2.94. The van der Waals surface area contributed by atoms with E-state index in [1.54, 1.807) is 6.07 Å². The average molecular weight is 270 g/mol. The van der Waals surface area contributed by atoms with E-state index < -0.39 is 0 Å². The van der Waals surface area contributed by atoms with Gasteiger partial charge in [-0.05, 0) is 31.5 Å². The molecule has 0 aliphatic heterocycles. The van der Waals surface area contributed by atoms with Crippen LogP contribution in [-0.4, -0.2) is 5.97 Å². The number of benzene rings is 2. The Labute approximate surface area is 119 Å². The Bertz CT molecular complexity index is 617. The van der Waals surface area contributed by atoms with Gasteiger partial charge in [-0.2, -0.15) is 0 Å². The molecule has 0 saturated heterocycles. The molecule has 104 valence electrons. The van der Waals surface area contributed by atoms with Crippen molar-refractivity contribution in [1.82, 2.24) is 0 Å². The molecule has 2 rings (SSSR count). The molecule has 0 amide bonds. The van der Waals surface area contributed by atoms with E-state index in [2.05, 4.69) is 6.07 Å². The molecule has 0 spiro atoms. The second-order valence-electron chi connectivity index (χ2n) is 4.76. The van der Waals surface area contributed by atoms with Crippen LogP contribution in [0, 0.1) is 13.8 Å². The molecule has 0 radical (unpaired) electrons. The summed E-state index contributed by atoms with van der Waals surface area (Å²) >= 11 is 0. The summed E-state index contributed by atoms with van der Waals surface area (Å²) in [6.07, 6.45) is 0. The average Bonchev–Trinajstić information content (AvgIpc) is 2.39. The molecule has 0 aliphatic carbocycles. The number of esters is 1. The van der Waals surface area contributed by atoms with Gasteiger partial charge in [0.15, 0.2) is 0 Å². The van der Waals surface area contributed by atoms with Crippen molar-refractivity contribution in [2.24, 2.45) is 0 Å². The standard InChI is InChI=1S/C17H18O3/c1-12-8-9-16(13(2)10-12)19-11-15-6-4-5-7-17(15)20-14(3)18/h4-10H,11H2,1-3H3. The van der Waals surface area contributed by atoms with Gasteiger partial charge in [-0.25, -0.2) is 0 Å². The highest BCUT2D eigenvalue weighted by Gasteiger charge is 2.07. The molecule has 0 unspecified atom stereocenters. The zero-order valence-corrected chi connectivity index (χ0v) is 12.0. The van der Waals surface area contributed by atoms with Crippen LogP contribution in [0.2, 0.25) is 0 Å². The van der Waals surface area contributed by atoms with Gasteiger partial charge in [0.25, 0.3) is 0 Å². The maximum absolute atomic E-state index is 11.1. The lowest BCUT2D eigenvalue weighted by Crippen LogP contribution is -2.06. The van der Waals surface area contributed by atoms with Gasteiger partial charge in [0.1, 0.15) is 18.1 Å². The lowest BCUT2D eigenvalue weighted by Gasteiger charge is -2.12. The van der Waals surface area contributed by atoms with Crippen molar-refractivity contribution in [1.29, 1.82) is 0 Å². The van der Waals surface area contributed by atoms with E-state index in [9.17, 15) is 4.79 Å². The highest BCUT2D eigenvalue weighted by molar-refractivity contribution is 5.69. The second kappa shape index (κ2) is 6.24. The van der Waals surface area contributed by atoms with Crippen molar-refractivity contribution >= 4 is 5.97 Å². The first-order valence-corrected chi connectivity index (χ1v) is 6.52. The van der Waals surface area contributed by atoms with E-state index in [0.29, 0.717) is 12.4 Å². The van der Waals surface area contributed by atoms with Crippen LogP contribution in [0.1, 0.15) is 23.6 Å². The topological polar surface area (TPSA) is 35.5 Å². The number of para-hydroxylation sites is 1. The van der Waals surface area contributed by atoms with Gasteiger partial charge >= 0.3 is 5.97 Å². The first-order chi connectivity index (χ1) is 9.56. The molecule has 0 saturated carbocycles. The lowest BCUT2D eigenvalue weighted by molar-refractivity contribution is -0.131. The number of aryl methyl sites for hydroxylation is 2. The van der Waals surface area contributed by atoms with E-state index in [1.165, 1.54) is 12.5 Å². The fourth-order valence-electron chi connectivity index (χ4n) is 1.99. The third kappa shape index (κ3) is 3.60. The zero-order chi connectivity index (χ0) is 14.5. The highest BCUT2D eigenvalue weighted by Crippen LogP contribution is 2.23. The number of hydrogen-bond acceptors (Lipinski definition) is 3. The maximum Gasteiger partial charge on any atom is 0.308 e. The van der Waals surface area contributed by atoms with Crippen LogP contribution in [-0.2, 0) is 11.4 Å². The molecule has 0 aliphatic rings. The molecule has 3 heteroatoms. The fourth-order valence-corrected chi connectivity index (χ4v) is 1.99. The van der Waals surface area contributed by atoms with Crippen molar-refractivity contribution < 1.29 is 14.3 Å². The number of rotatable bonds is 4. The number of hydrogen-bond donors (Lipinski definition) is 0. The van der Waals surface area contributed by atoms with Crippen molar-refractivity contribution in [2.75, 3.05) is 0 Å². The monoisotopic (exact) mass is 270 g/mol. The summed E-state index contributed by atoms with van der Waals surface area (Å²) in [6, 6.07) is 13.4. The Morgan fingerprint density at radius 1 is 1.05 bits per heavy atom. The van der Waals surface area contributed by atoms with Gasteiger partial charge in [0, 0.05) is 12.5 Å². The smallest absolute Gasteiger partial charge is 0.308 e. The summed E-state index contributed by atoms with van der Waals surface area (Å²) in [5.41, 5.74) is 3.15. The first-order valence-electron chi connectivity index (χ1n) is 6.52. The minimum atomic E-state index is -0.330. The zero-order valence-electron chi connectivity index (χ0n) is 12.0. The lowest BCUT2D eigenvalue weighted by atomic mass is 10.1. The molecule has 0 atom stereocenters. The minimum Gasteiger partial charge on any atom is -0.488 e. The van der Waals surface area contributed by atoms with E-state index >= 15 is 0 Å². The summed E-state index contributed by atoms with van der Waals surface area (Å²) in [6.45, 7) is 5.82. The van der Waals surface area contributed by atoms with Gasteiger partial charge in [0.2, 0.25) is 0 Å². The van der Waals surface area contributed by atoms with E-state index in [-0.39, 0.29) is 5.97 Å². The van der Waals surface area contributed by atoms with Crippen molar-refractivity contribution in [3.8, 4) is 11.5 Å². The Morgan fingerprint density at radius 2 is 1.80 bits per heavy atom. The van der Waals surface area contributed by atoms with E-state index in [4.69, 9.17) is 9.47 Å². The molecule has 0 fully saturated rings. The molecule has 20 heavy (non-hydrogen) atoms. The van der Waals surface area contributed by atoms with Crippen LogP contribution in [0.25, 0.3) is 0 Å². The number of carbonyl (C=O) groups is 1. The molecule has 2 aromatic carbocycles. The molecule has 0 heterocycles. The summed E-state index contributed by atoms with van der Waals surface area (Å²) in [5, 5.41) is 0. The molecule has 2 aromatic rings. The molecular weight excluding hydrogens is 252 g/mol. The molecule has 0 aromatic heterocycles. The predicted molar refractivity (Wildman–Crippen MR) is 78.0 cm³/mol. The third-order valence-corrected chi connectivity index (χ3v) is 2.94. The largest absolute Gasteiger partial charge is 0.488 e. The number of carbonyl (C=O) groups excluding carboxylic acids is 1. The molecular formula is C17H18O3. The predicted octanol–water partition coefficient (Wildman–Crippen LogP) is 3.81. The van der Waals surface area contributed by atoms with Crippen molar-refractivity contribution in [3.63, 3.8) is 0 Å².